The monoisotopic (exact) mass is 314 g/mol. The quantitative estimate of drug-likeness (QED) is 0.789. The first-order valence-electron chi connectivity index (χ1n) is 6.45. The zero-order valence-corrected chi connectivity index (χ0v) is 11.6. The molecule has 1 atom stereocenters. The van der Waals surface area contributed by atoms with E-state index in [4.69, 9.17) is 0 Å². The predicted molar refractivity (Wildman–Crippen MR) is 65.8 cm³/mol. The Morgan fingerprint density at radius 2 is 1.85 bits per heavy atom. The Bertz CT molecular complexity index is 464. The van der Waals surface area contributed by atoms with Gasteiger partial charge in [0.05, 0.1) is 18.1 Å². The molecular formula is C11H17F3N2O3S. The highest BCUT2D eigenvalue weighted by Crippen LogP contribution is 2.28. The number of piperazine rings is 1. The normalized spacial score (nSPS) is 29.1. The minimum Gasteiger partial charge on any atom is -0.353 e. The van der Waals surface area contributed by atoms with Crippen LogP contribution >= 0.6 is 0 Å². The van der Waals surface area contributed by atoms with Gasteiger partial charge in [-0.25, -0.2) is 8.42 Å². The molecule has 0 aliphatic carbocycles. The second-order valence-corrected chi connectivity index (χ2v) is 7.69. The summed E-state index contributed by atoms with van der Waals surface area (Å²) in [4.78, 5) is 12.4. The van der Waals surface area contributed by atoms with Crippen LogP contribution in [-0.2, 0) is 14.6 Å². The van der Waals surface area contributed by atoms with Crippen molar-refractivity contribution in [3.05, 3.63) is 0 Å². The van der Waals surface area contributed by atoms with Gasteiger partial charge in [0.25, 0.3) is 0 Å². The molecule has 2 aliphatic heterocycles. The molecule has 0 spiro atoms. The van der Waals surface area contributed by atoms with Crippen molar-refractivity contribution >= 4 is 15.7 Å². The Morgan fingerprint density at radius 1 is 1.25 bits per heavy atom. The number of amides is 1. The number of nitrogens with one attached hydrogen (secondary N) is 1. The topological polar surface area (TPSA) is 66.5 Å². The zero-order valence-electron chi connectivity index (χ0n) is 10.8. The van der Waals surface area contributed by atoms with E-state index in [0.29, 0.717) is 12.8 Å². The Hall–Kier alpha value is -0.830. The molecular weight excluding hydrogens is 297 g/mol. The third-order valence-electron chi connectivity index (χ3n) is 3.82. The van der Waals surface area contributed by atoms with Crippen molar-refractivity contribution in [1.82, 2.24) is 10.2 Å². The molecule has 0 aromatic rings. The van der Waals surface area contributed by atoms with Gasteiger partial charge in [0.1, 0.15) is 15.9 Å². The number of hydrogen-bond donors (Lipinski definition) is 1. The average molecular weight is 314 g/mol. The van der Waals surface area contributed by atoms with E-state index < -0.39 is 34.5 Å². The van der Waals surface area contributed by atoms with Crippen LogP contribution in [0.25, 0.3) is 0 Å². The van der Waals surface area contributed by atoms with Crippen LogP contribution in [0.15, 0.2) is 0 Å². The van der Waals surface area contributed by atoms with E-state index in [-0.39, 0.29) is 30.5 Å². The lowest BCUT2D eigenvalue weighted by atomic mass is 10.0. The summed E-state index contributed by atoms with van der Waals surface area (Å²) in [5.41, 5.74) is 0. The summed E-state index contributed by atoms with van der Waals surface area (Å²) in [5.74, 6) is -0.480. The van der Waals surface area contributed by atoms with Crippen LogP contribution in [0.3, 0.4) is 0 Å². The van der Waals surface area contributed by atoms with Crippen molar-refractivity contribution in [3.8, 4) is 0 Å². The smallest absolute Gasteiger partial charge is 0.353 e. The number of halogens is 3. The maximum Gasteiger partial charge on any atom is 0.405 e. The van der Waals surface area contributed by atoms with Crippen LogP contribution in [0.5, 0.6) is 0 Å². The zero-order chi connectivity index (χ0) is 15.0. The highest BCUT2D eigenvalue weighted by molar-refractivity contribution is 7.91. The molecule has 9 heteroatoms. The van der Waals surface area contributed by atoms with Crippen LogP contribution in [0.4, 0.5) is 13.2 Å². The van der Waals surface area contributed by atoms with Gasteiger partial charge in [-0.3, -0.25) is 9.69 Å². The van der Waals surface area contributed by atoms with Gasteiger partial charge in [-0.15, -0.1) is 0 Å². The first-order chi connectivity index (χ1) is 9.17. The van der Waals surface area contributed by atoms with Crippen molar-refractivity contribution in [2.75, 3.05) is 31.1 Å². The minimum atomic E-state index is -4.39. The van der Waals surface area contributed by atoms with E-state index in [1.165, 1.54) is 0 Å². The molecule has 0 bridgehead atoms. The summed E-state index contributed by atoms with van der Waals surface area (Å²) >= 11 is 0. The number of alkyl halides is 3. The first-order valence-corrected chi connectivity index (χ1v) is 8.27. The van der Waals surface area contributed by atoms with Gasteiger partial charge in [0.2, 0.25) is 5.91 Å². The minimum absolute atomic E-state index is 0.0222. The molecule has 2 saturated heterocycles. The van der Waals surface area contributed by atoms with Gasteiger partial charge < -0.3 is 5.32 Å². The fourth-order valence-electron chi connectivity index (χ4n) is 2.66. The lowest BCUT2D eigenvalue weighted by Crippen LogP contribution is -2.60. The van der Waals surface area contributed by atoms with Gasteiger partial charge in [-0.1, -0.05) is 0 Å². The molecule has 20 heavy (non-hydrogen) atoms. The third-order valence-corrected chi connectivity index (χ3v) is 5.54. The highest BCUT2D eigenvalue weighted by Gasteiger charge is 2.46. The number of carbonyl (C=O) groups excluding carboxylic acids is 1. The second kappa shape index (κ2) is 5.51. The van der Waals surface area contributed by atoms with E-state index in [1.54, 1.807) is 0 Å². The predicted octanol–water partition coefficient (Wildman–Crippen LogP) is 0.174. The van der Waals surface area contributed by atoms with Gasteiger partial charge in [-0.05, 0) is 18.8 Å². The molecule has 1 unspecified atom stereocenters. The molecule has 1 amide bonds. The van der Waals surface area contributed by atoms with E-state index in [1.807, 2.05) is 0 Å². The summed E-state index contributed by atoms with van der Waals surface area (Å²) in [7, 11) is -3.03. The van der Waals surface area contributed by atoms with Gasteiger partial charge in [-0.2, -0.15) is 13.2 Å². The molecule has 5 nitrogen and oxygen atoms in total. The van der Waals surface area contributed by atoms with Crippen molar-refractivity contribution < 1.29 is 26.4 Å². The molecule has 2 aliphatic rings. The number of rotatable bonds is 2. The summed E-state index contributed by atoms with van der Waals surface area (Å²) < 4.78 is 61.3. The van der Waals surface area contributed by atoms with Crippen LogP contribution in [0.1, 0.15) is 12.8 Å². The van der Waals surface area contributed by atoms with E-state index in [0.717, 1.165) is 4.90 Å². The fraction of sp³-hybridized carbons (Fsp3) is 0.909. The molecule has 2 rings (SSSR count). The maximum absolute atomic E-state index is 12.9. The average Bonchev–Trinajstić information content (AvgIpc) is 2.30. The van der Waals surface area contributed by atoms with Crippen LogP contribution in [0, 0.1) is 5.92 Å². The SMILES string of the molecule is O=C1CN(CC2CCS(=O)(=O)CC2)C(C(F)(F)F)CN1. The number of nitrogens with zero attached hydrogens (tertiary/aromatic N) is 1. The molecule has 0 radical (unpaired) electrons. The Labute approximate surface area is 115 Å². The molecule has 0 aromatic carbocycles. The number of sulfone groups is 1. The van der Waals surface area contributed by atoms with Crippen LogP contribution in [-0.4, -0.2) is 62.6 Å². The first kappa shape index (κ1) is 15.6. The molecule has 2 heterocycles. The van der Waals surface area contributed by atoms with E-state index >= 15 is 0 Å². The van der Waals surface area contributed by atoms with E-state index in [9.17, 15) is 26.4 Å². The summed E-state index contributed by atoms with van der Waals surface area (Å²) in [6, 6.07) is -1.68. The lowest BCUT2D eigenvalue weighted by Gasteiger charge is -2.38. The van der Waals surface area contributed by atoms with Crippen molar-refractivity contribution in [1.29, 1.82) is 0 Å². The van der Waals surface area contributed by atoms with Gasteiger partial charge in [0, 0.05) is 13.1 Å². The summed E-state index contributed by atoms with van der Waals surface area (Å²) in [6.07, 6.45) is -3.66. The summed E-state index contributed by atoms with van der Waals surface area (Å²) in [5, 5.41) is 2.22. The molecule has 1 N–H and O–H groups in total. The van der Waals surface area contributed by atoms with Gasteiger partial charge in [0.15, 0.2) is 0 Å². The number of hydrogen-bond acceptors (Lipinski definition) is 4. The maximum atomic E-state index is 12.9. The van der Waals surface area contributed by atoms with Crippen LogP contribution in [0.2, 0.25) is 0 Å². The molecule has 0 saturated carbocycles. The van der Waals surface area contributed by atoms with Gasteiger partial charge >= 0.3 is 6.18 Å². The largest absolute Gasteiger partial charge is 0.405 e. The Kier molecular flexibility index (Phi) is 4.29. The van der Waals surface area contributed by atoms with E-state index in [2.05, 4.69) is 5.32 Å². The van der Waals surface area contributed by atoms with Crippen molar-refractivity contribution in [3.63, 3.8) is 0 Å². The standard InChI is InChI=1S/C11H17F3N2O3S/c12-11(13,14)9-5-15-10(17)7-16(9)6-8-1-3-20(18,19)4-2-8/h8-9H,1-7H2,(H,15,17). The van der Waals surface area contributed by atoms with Crippen molar-refractivity contribution in [2.24, 2.45) is 5.92 Å². The molecule has 0 aromatic heterocycles. The third kappa shape index (κ3) is 3.85. The highest BCUT2D eigenvalue weighted by atomic mass is 32.2. The molecule has 2 fully saturated rings. The summed E-state index contributed by atoms with van der Waals surface area (Å²) in [6.45, 7) is -0.603. The van der Waals surface area contributed by atoms with Crippen LogP contribution < -0.4 is 5.32 Å². The fourth-order valence-corrected chi connectivity index (χ4v) is 4.25. The number of carbonyl (C=O) groups is 1. The van der Waals surface area contributed by atoms with Crippen molar-refractivity contribution in [2.45, 2.75) is 25.1 Å². The Balaban J connectivity index is 1.99. The Morgan fingerprint density at radius 3 is 2.40 bits per heavy atom. The second-order valence-electron chi connectivity index (χ2n) is 5.39. The lowest BCUT2D eigenvalue weighted by molar-refractivity contribution is -0.190. The molecule has 116 valence electrons.